The first kappa shape index (κ1) is 15.2. The van der Waals surface area contributed by atoms with E-state index in [2.05, 4.69) is 54.2 Å². The first-order valence-electron chi connectivity index (χ1n) is 6.64. The zero-order valence-electron chi connectivity index (χ0n) is 12.2. The summed E-state index contributed by atoms with van der Waals surface area (Å²) in [6.45, 7) is 6.31. The molecule has 2 rings (SSSR count). The van der Waals surface area contributed by atoms with Crippen LogP contribution in [0.2, 0.25) is 0 Å². The fourth-order valence-corrected chi connectivity index (χ4v) is 3.06. The van der Waals surface area contributed by atoms with E-state index < -0.39 is 0 Å². The normalized spacial score (nSPS) is 12.5. The van der Waals surface area contributed by atoms with Crippen LogP contribution in [0.4, 0.5) is 4.39 Å². The first-order chi connectivity index (χ1) is 9.43. The molecule has 0 aromatic heterocycles. The van der Waals surface area contributed by atoms with Crippen molar-refractivity contribution < 1.29 is 4.39 Å². The smallest absolute Gasteiger partial charge is 0.137 e. The molecule has 0 aliphatic carbocycles. The SMILES string of the molecule is CNC(c1ccc(Br)c(F)c1)c1c(C)cc(C)cc1C. The highest BCUT2D eigenvalue weighted by Crippen LogP contribution is 2.30. The standard InChI is InChI=1S/C17H19BrFN/c1-10-7-11(2)16(12(3)8-10)17(20-4)13-5-6-14(18)15(19)9-13/h5-9,17,20H,1-4H3. The number of hydrogen-bond donors (Lipinski definition) is 1. The summed E-state index contributed by atoms with van der Waals surface area (Å²) < 4.78 is 14.3. The van der Waals surface area contributed by atoms with Gasteiger partial charge in [-0.1, -0.05) is 23.8 Å². The lowest BCUT2D eigenvalue weighted by molar-refractivity contribution is 0.609. The van der Waals surface area contributed by atoms with Gasteiger partial charge in [0.05, 0.1) is 10.5 Å². The molecule has 0 spiro atoms. The maximum Gasteiger partial charge on any atom is 0.137 e. The Labute approximate surface area is 128 Å². The lowest BCUT2D eigenvalue weighted by Gasteiger charge is -2.22. The Morgan fingerprint density at radius 3 is 2.15 bits per heavy atom. The fourth-order valence-electron chi connectivity index (χ4n) is 2.82. The van der Waals surface area contributed by atoms with Crippen molar-refractivity contribution in [2.75, 3.05) is 7.05 Å². The van der Waals surface area contributed by atoms with Crippen molar-refractivity contribution in [2.45, 2.75) is 26.8 Å². The van der Waals surface area contributed by atoms with Gasteiger partial charge in [0, 0.05) is 0 Å². The summed E-state index contributed by atoms with van der Waals surface area (Å²) in [5.74, 6) is -0.231. The van der Waals surface area contributed by atoms with E-state index in [1.165, 1.54) is 22.3 Å². The molecule has 0 radical (unpaired) electrons. The summed E-state index contributed by atoms with van der Waals surface area (Å²) in [5, 5.41) is 3.30. The molecule has 0 heterocycles. The van der Waals surface area contributed by atoms with Gasteiger partial charge in [-0.15, -0.1) is 0 Å². The Morgan fingerprint density at radius 2 is 1.65 bits per heavy atom. The molecule has 0 aliphatic heterocycles. The van der Waals surface area contributed by atoms with Gasteiger partial charge in [-0.05, 0) is 78.1 Å². The number of rotatable bonds is 3. The van der Waals surface area contributed by atoms with Crippen molar-refractivity contribution in [1.82, 2.24) is 5.32 Å². The van der Waals surface area contributed by atoms with Gasteiger partial charge < -0.3 is 5.32 Å². The van der Waals surface area contributed by atoms with Crippen molar-refractivity contribution in [3.63, 3.8) is 0 Å². The van der Waals surface area contributed by atoms with Crippen LogP contribution in [0.1, 0.15) is 33.9 Å². The zero-order chi connectivity index (χ0) is 14.9. The third kappa shape index (κ3) is 2.94. The highest BCUT2D eigenvalue weighted by atomic mass is 79.9. The molecule has 2 aromatic rings. The number of nitrogens with one attached hydrogen (secondary N) is 1. The lowest BCUT2D eigenvalue weighted by Crippen LogP contribution is -2.20. The highest BCUT2D eigenvalue weighted by molar-refractivity contribution is 9.10. The van der Waals surface area contributed by atoms with Crippen LogP contribution in [0.15, 0.2) is 34.8 Å². The minimum atomic E-state index is -0.231. The number of aryl methyl sites for hydroxylation is 3. The molecule has 0 amide bonds. The topological polar surface area (TPSA) is 12.0 Å². The summed E-state index contributed by atoms with van der Waals surface area (Å²) >= 11 is 3.20. The van der Waals surface area contributed by atoms with E-state index in [0.717, 1.165) is 5.56 Å². The highest BCUT2D eigenvalue weighted by Gasteiger charge is 2.18. The van der Waals surface area contributed by atoms with E-state index in [1.54, 1.807) is 12.1 Å². The minimum absolute atomic E-state index is 0.00167. The second-order valence-electron chi connectivity index (χ2n) is 5.21. The van der Waals surface area contributed by atoms with Gasteiger partial charge in [-0.3, -0.25) is 0 Å². The summed E-state index contributed by atoms with van der Waals surface area (Å²) in [4.78, 5) is 0. The van der Waals surface area contributed by atoms with E-state index in [-0.39, 0.29) is 11.9 Å². The van der Waals surface area contributed by atoms with Gasteiger partial charge >= 0.3 is 0 Å². The first-order valence-corrected chi connectivity index (χ1v) is 7.43. The van der Waals surface area contributed by atoms with Gasteiger partial charge in [-0.2, -0.15) is 0 Å². The predicted molar refractivity (Wildman–Crippen MR) is 85.7 cm³/mol. The second-order valence-corrected chi connectivity index (χ2v) is 6.06. The van der Waals surface area contributed by atoms with Crippen LogP contribution in [0.3, 0.4) is 0 Å². The predicted octanol–water partition coefficient (Wildman–Crippen LogP) is 4.82. The van der Waals surface area contributed by atoms with Crippen molar-refractivity contribution in [3.8, 4) is 0 Å². The number of hydrogen-bond acceptors (Lipinski definition) is 1. The molecule has 0 fully saturated rings. The number of halogens is 2. The van der Waals surface area contributed by atoms with Crippen LogP contribution in [0, 0.1) is 26.6 Å². The monoisotopic (exact) mass is 335 g/mol. The Kier molecular flexibility index (Phi) is 4.61. The van der Waals surface area contributed by atoms with Gasteiger partial charge in [-0.25, -0.2) is 4.39 Å². The second kappa shape index (κ2) is 6.06. The lowest BCUT2D eigenvalue weighted by atomic mass is 9.90. The van der Waals surface area contributed by atoms with Gasteiger partial charge in [0.25, 0.3) is 0 Å². The molecule has 106 valence electrons. The molecular weight excluding hydrogens is 317 g/mol. The third-order valence-corrected chi connectivity index (χ3v) is 4.24. The van der Waals surface area contributed by atoms with E-state index >= 15 is 0 Å². The summed E-state index contributed by atoms with van der Waals surface area (Å²) in [6, 6.07) is 9.63. The minimum Gasteiger partial charge on any atom is -0.309 e. The van der Waals surface area contributed by atoms with Crippen molar-refractivity contribution in [3.05, 3.63) is 68.4 Å². The Hall–Kier alpha value is -1.19. The van der Waals surface area contributed by atoms with Crippen LogP contribution >= 0.6 is 15.9 Å². The van der Waals surface area contributed by atoms with Crippen molar-refractivity contribution >= 4 is 15.9 Å². The molecule has 0 saturated carbocycles. The van der Waals surface area contributed by atoms with Crippen LogP contribution < -0.4 is 5.32 Å². The van der Waals surface area contributed by atoms with E-state index in [1.807, 2.05) is 13.1 Å². The van der Waals surface area contributed by atoms with Gasteiger partial charge in [0.2, 0.25) is 0 Å². The Morgan fingerprint density at radius 1 is 1.05 bits per heavy atom. The maximum atomic E-state index is 13.8. The molecule has 20 heavy (non-hydrogen) atoms. The molecule has 1 N–H and O–H groups in total. The number of benzene rings is 2. The molecule has 0 aliphatic rings. The molecule has 1 unspecified atom stereocenters. The quantitative estimate of drug-likeness (QED) is 0.847. The molecule has 3 heteroatoms. The Bertz CT molecular complexity index is 614. The van der Waals surface area contributed by atoms with E-state index in [0.29, 0.717) is 4.47 Å². The third-order valence-electron chi connectivity index (χ3n) is 3.59. The van der Waals surface area contributed by atoms with Gasteiger partial charge in [0.1, 0.15) is 5.82 Å². The van der Waals surface area contributed by atoms with Crippen LogP contribution in [0.5, 0.6) is 0 Å². The van der Waals surface area contributed by atoms with Crippen molar-refractivity contribution in [2.24, 2.45) is 0 Å². The molecule has 1 nitrogen and oxygen atoms in total. The fraction of sp³-hybridized carbons (Fsp3) is 0.294. The average molecular weight is 336 g/mol. The average Bonchev–Trinajstić information content (AvgIpc) is 2.37. The molecule has 1 atom stereocenters. The zero-order valence-corrected chi connectivity index (χ0v) is 13.8. The molecular formula is C17H19BrFN. The molecule has 0 bridgehead atoms. The van der Waals surface area contributed by atoms with Crippen molar-refractivity contribution in [1.29, 1.82) is 0 Å². The molecule has 0 saturated heterocycles. The summed E-state index contributed by atoms with van der Waals surface area (Å²) in [7, 11) is 1.91. The van der Waals surface area contributed by atoms with Crippen LogP contribution in [-0.2, 0) is 0 Å². The maximum absolute atomic E-state index is 13.8. The van der Waals surface area contributed by atoms with Gasteiger partial charge in [0.15, 0.2) is 0 Å². The molecule has 2 aromatic carbocycles. The van der Waals surface area contributed by atoms with Crippen LogP contribution in [-0.4, -0.2) is 7.05 Å². The van der Waals surface area contributed by atoms with Crippen LogP contribution in [0.25, 0.3) is 0 Å². The Balaban J connectivity index is 2.55. The summed E-state index contributed by atoms with van der Waals surface area (Å²) in [5.41, 5.74) is 5.86. The summed E-state index contributed by atoms with van der Waals surface area (Å²) in [6.07, 6.45) is 0. The van der Waals surface area contributed by atoms with E-state index in [4.69, 9.17) is 0 Å². The largest absolute Gasteiger partial charge is 0.309 e. The van der Waals surface area contributed by atoms with E-state index in [9.17, 15) is 4.39 Å².